The molecule has 0 aliphatic heterocycles. The van der Waals surface area contributed by atoms with Crippen LogP contribution in [0.5, 0.6) is 0 Å². The monoisotopic (exact) mass is 589 g/mol. The van der Waals surface area contributed by atoms with E-state index in [9.17, 15) is 28.0 Å². The zero-order chi connectivity index (χ0) is 29.9. The fraction of sp³-hybridized carbons (Fsp3) is 0.906. The number of unbranched alkanes of at least 4 members (excludes halogenated alkanes) is 18. The SMILES string of the molecule is CCCCCCCCCC/C=C\CCCCCCCCC(O)C(=O)NC(CS(=O)(=O)O)C(O)CCCCCCC. The molecule has 0 heterocycles. The molecule has 4 N–H and O–H groups in total. The van der Waals surface area contributed by atoms with Crippen LogP contribution >= 0.6 is 0 Å². The van der Waals surface area contributed by atoms with Gasteiger partial charge in [-0.05, 0) is 38.5 Å². The van der Waals surface area contributed by atoms with E-state index in [1.54, 1.807) is 0 Å². The third-order valence-electron chi connectivity index (χ3n) is 7.58. The van der Waals surface area contributed by atoms with E-state index in [2.05, 4.69) is 31.3 Å². The highest BCUT2D eigenvalue weighted by molar-refractivity contribution is 7.85. The summed E-state index contributed by atoms with van der Waals surface area (Å²) in [4.78, 5) is 12.4. The molecule has 0 bridgehead atoms. The van der Waals surface area contributed by atoms with E-state index in [0.717, 1.165) is 51.4 Å². The minimum Gasteiger partial charge on any atom is -0.391 e. The Labute approximate surface area is 246 Å². The average Bonchev–Trinajstić information content (AvgIpc) is 2.90. The third kappa shape index (κ3) is 26.0. The standard InChI is InChI=1S/C32H63NO6S/c1-3-5-7-9-10-11-12-13-14-15-16-17-18-19-20-21-23-25-27-31(35)32(36)33-29(28-40(37,38)39)30(34)26-24-22-8-6-4-2/h15-16,29-31,34-35H,3-14,17-28H2,1-2H3,(H,33,36)(H,37,38,39)/b16-15-. The maximum absolute atomic E-state index is 12.4. The molecule has 0 rings (SSSR count). The van der Waals surface area contributed by atoms with Crippen molar-refractivity contribution in [1.29, 1.82) is 0 Å². The first-order valence-corrected chi connectivity index (χ1v) is 18.1. The Kier molecular flexibility index (Phi) is 26.3. The van der Waals surface area contributed by atoms with Gasteiger partial charge in [0.2, 0.25) is 5.91 Å². The van der Waals surface area contributed by atoms with Crippen LogP contribution in [-0.2, 0) is 14.9 Å². The summed E-state index contributed by atoms with van der Waals surface area (Å²) in [5.41, 5.74) is 0. The Morgan fingerprint density at radius 3 is 1.50 bits per heavy atom. The highest BCUT2D eigenvalue weighted by Crippen LogP contribution is 2.14. The Hall–Kier alpha value is -0.960. The van der Waals surface area contributed by atoms with Gasteiger partial charge in [-0.1, -0.05) is 135 Å². The lowest BCUT2D eigenvalue weighted by molar-refractivity contribution is -0.131. The maximum atomic E-state index is 12.4. The first kappa shape index (κ1) is 39.0. The second-order valence-corrected chi connectivity index (χ2v) is 13.1. The van der Waals surface area contributed by atoms with E-state index in [0.29, 0.717) is 25.7 Å². The van der Waals surface area contributed by atoms with Crippen LogP contribution < -0.4 is 5.32 Å². The van der Waals surface area contributed by atoms with Crippen LogP contribution in [0.15, 0.2) is 12.2 Å². The molecule has 40 heavy (non-hydrogen) atoms. The van der Waals surface area contributed by atoms with E-state index < -0.39 is 40.0 Å². The zero-order valence-electron chi connectivity index (χ0n) is 25.8. The highest BCUT2D eigenvalue weighted by Gasteiger charge is 2.28. The van der Waals surface area contributed by atoms with Gasteiger partial charge in [-0.2, -0.15) is 8.42 Å². The van der Waals surface area contributed by atoms with Crippen molar-refractivity contribution < 1.29 is 28.0 Å². The molecular formula is C32H63NO6S. The van der Waals surface area contributed by atoms with Crippen LogP contribution in [0.2, 0.25) is 0 Å². The van der Waals surface area contributed by atoms with Crippen LogP contribution in [0.1, 0.15) is 162 Å². The fourth-order valence-corrected chi connectivity index (χ4v) is 5.74. The smallest absolute Gasteiger partial charge is 0.266 e. The van der Waals surface area contributed by atoms with Crippen molar-refractivity contribution >= 4 is 16.0 Å². The predicted octanol–water partition coefficient (Wildman–Crippen LogP) is 7.65. The number of rotatable bonds is 29. The van der Waals surface area contributed by atoms with Gasteiger partial charge in [0.25, 0.3) is 10.1 Å². The molecule has 238 valence electrons. The van der Waals surface area contributed by atoms with Crippen molar-refractivity contribution in [3.8, 4) is 0 Å². The minimum atomic E-state index is -4.39. The van der Waals surface area contributed by atoms with Gasteiger partial charge in [0.1, 0.15) is 6.10 Å². The topological polar surface area (TPSA) is 124 Å². The predicted molar refractivity (Wildman–Crippen MR) is 167 cm³/mol. The Balaban J connectivity index is 3.93. The zero-order valence-corrected chi connectivity index (χ0v) is 26.6. The summed E-state index contributed by atoms with van der Waals surface area (Å²) >= 11 is 0. The molecule has 3 unspecified atom stereocenters. The number of hydrogen-bond donors (Lipinski definition) is 4. The molecule has 0 aromatic heterocycles. The Bertz CT molecular complexity index is 712. The largest absolute Gasteiger partial charge is 0.391 e. The number of aliphatic hydroxyl groups is 2. The maximum Gasteiger partial charge on any atom is 0.266 e. The summed E-state index contributed by atoms with van der Waals surface area (Å²) in [6.45, 7) is 4.37. The Morgan fingerprint density at radius 2 is 1.05 bits per heavy atom. The first-order chi connectivity index (χ1) is 19.2. The van der Waals surface area contributed by atoms with Crippen molar-refractivity contribution in [1.82, 2.24) is 5.32 Å². The lowest BCUT2D eigenvalue weighted by Crippen LogP contribution is -2.50. The Morgan fingerprint density at radius 1 is 0.650 bits per heavy atom. The van der Waals surface area contributed by atoms with Gasteiger partial charge >= 0.3 is 0 Å². The normalized spacial score (nSPS) is 14.4. The number of nitrogens with one attached hydrogen (secondary N) is 1. The number of amides is 1. The van der Waals surface area contributed by atoms with Crippen LogP contribution in [0.25, 0.3) is 0 Å². The molecule has 0 aliphatic carbocycles. The van der Waals surface area contributed by atoms with Crippen LogP contribution in [0.4, 0.5) is 0 Å². The molecule has 3 atom stereocenters. The lowest BCUT2D eigenvalue weighted by atomic mass is 10.0. The van der Waals surface area contributed by atoms with Crippen LogP contribution in [-0.4, -0.2) is 53.1 Å². The first-order valence-electron chi connectivity index (χ1n) is 16.5. The molecule has 0 saturated carbocycles. The molecule has 8 heteroatoms. The quantitative estimate of drug-likeness (QED) is 0.0404. The average molecular weight is 590 g/mol. The van der Waals surface area contributed by atoms with Crippen LogP contribution in [0.3, 0.4) is 0 Å². The number of carbonyl (C=O) groups is 1. The van der Waals surface area contributed by atoms with Gasteiger partial charge in [0.05, 0.1) is 17.9 Å². The molecule has 0 spiro atoms. The summed E-state index contributed by atoms with van der Waals surface area (Å²) in [5.74, 6) is -1.46. The molecule has 0 radical (unpaired) electrons. The summed E-state index contributed by atoms with van der Waals surface area (Å²) in [6.07, 6.45) is 27.1. The molecule has 0 aliphatic rings. The number of carbonyl (C=O) groups excluding carboxylic acids is 1. The van der Waals surface area contributed by atoms with Gasteiger partial charge in [0.15, 0.2) is 0 Å². The van der Waals surface area contributed by atoms with Crippen molar-refractivity contribution in [3.05, 3.63) is 12.2 Å². The molecule has 0 aromatic rings. The number of hydrogen-bond acceptors (Lipinski definition) is 5. The third-order valence-corrected chi connectivity index (χ3v) is 8.36. The van der Waals surface area contributed by atoms with Crippen molar-refractivity contribution in [2.24, 2.45) is 0 Å². The van der Waals surface area contributed by atoms with E-state index in [1.807, 2.05) is 0 Å². The molecule has 0 saturated heterocycles. The van der Waals surface area contributed by atoms with E-state index >= 15 is 0 Å². The minimum absolute atomic E-state index is 0.291. The molecule has 0 aromatic carbocycles. The molecule has 7 nitrogen and oxygen atoms in total. The number of aliphatic hydroxyl groups excluding tert-OH is 2. The van der Waals surface area contributed by atoms with Gasteiger partial charge in [-0.25, -0.2) is 0 Å². The van der Waals surface area contributed by atoms with Gasteiger partial charge in [0, 0.05) is 0 Å². The second-order valence-electron chi connectivity index (χ2n) is 11.6. The van der Waals surface area contributed by atoms with Gasteiger partial charge in [-0.3, -0.25) is 9.35 Å². The van der Waals surface area contributed by atoms with Crippen molar-refractivity contribution in [3.63, 3.8) is 0 Å². The van der Waals surface area contributed by atoms with Crippen molar-refractivity contribution in [2.75, 3.05) is 5.75 Å². The van der Waals surface area contributed by atoms with E-state index in [4.69, 9.17) is 0 Å². The van der Waals surface area contributed by atoms with Crippen molar-refractivity contribution in [2.45, 2.75) is 180 Å². The highest BCUT2D eigenvalue weighted by atomic mass is 32.2. The number of allylic oxidation sites excluding steroid dienone is 2. The summed E-state index contributed by atoms with van der Waals surface area (Å²) in [7, 11) is -4.39. The second kappa shape index (κ2) is 26.9. The lowest BCUT2D eigenvalue weighted by Gasteiger charge is -2.24. The van der Waals surface area contributed by atoms with E-state index in [-0.39, 0.29) is 0 Å². The summed E-state index contributed by atoms with van der Waals surface area (Å²) in [6, 6.07) is -1.14. The molecular weight excluding hydrogens is 526 g/mol. The van der Waals surface area contributed by atoms with Crippen LogP contribution in [0, 0.1) is 0 Å². The van der Waals surface area contributed by atoms with Gasteiger partial charge in [-0.15, -0.1) is 0 Å². The fourth-order valence-electron chi connectivity index (χ4n) is 4.98. The van der Waals surface area contributed by atoms with E-state index in [1.165, 1.54) is 70.6 Å². The van der Waals surface area contributed by atoms with Gasteiger partial charge < -0.3 is 15.5 Å². The molecule has 1 amide bonds. The summed E-state index contributed by atoms with van der Waals surface area (Å²) in [5, 5.41) is 23.1. The summed E-state index contributed by atoms with van der Waals surface area (Å²) < 4.78 is 32.0. The molecule has 0 fully saturated rings.